The first kappa shape index (κ1) is 18.1. The van der Waals surface area contributed by atoms with Crippen LogP contribution in [0.5, 0.6) is 0 Å². The Morgan fingerprint density at radius 3 is 2.17 bits per heavy atom. The second-order valence-corrected chi connectivity index (χ2v) is 7.73. The van der Waals surface area contributed by atoms with Crippen LogP contribution in [0.2, 0.25) is 0 Å². The van der Waals surface area contributed by atoms with E-state index in [1.165, 1.54) is 12.1 Å². The molecule has 0 unspecified atom stereocenters. The van der Waals surface area contributed by atoms with Crippen molar-refractivity contribution in [1.82, 2.24) is 5.32 Å². The average molecular weight is 349 g/mol. The van der Waals surface area contributed by atoms with Crippen LogP contribution in [0.4, 0.5) is 4.39 Å². The van der Waals surface area contributed by atoms with Crippen LogP contribution in [0.15, 0.2) is 53.4 Å². The van der Waals surface area contributed by atoms with Gasteiger partial charge in [0.05, 0.1) is 10.6 Å². The number of hydrogen-bond acceptors (Lipinski definition) is 3. The fourth-order valence-corrected chi connectivity index (χ4v) is 3.06. The van der Waals surface area contributed by atoms with Gasteiger partial charge < -0.3 is 5.32 Å². The SMILES string of the molecule is CCS(=O)(=O)c1ccc(CNC(=O)CCc2ccc(F)cc2)cc1. The summed E-state index contributed by atoms with van der Waals surface area (Å²) < 4.78 is 36.3. The van der Waals surface area contributed by atoms with Crippen molar-refractivity contribution in [3.05, 3.63) is 65.5 Å². The van der Waals surface area contributed by atoms with Crippen LogP contribution in [0.3, 0.4) is 0 Å². The molecule has 1 N–H and O–H groups in total. The Bertz CT molecular complexity index is 784. The van der Waals surface area contributed by atoms with Gasteiger partial charge in [-0.25, -0.2) is 12.8 Å². The molecule has 0 saturated carbocycles. The quantitative estimate of drug-likeness (QED) is 0.836. The van der Waals surface area contributed by atoms with Crippen LogP contribution < -0.4 is 5.32 Å². The summed E-state index contributed by atoms with van der Waals surface area (Å²) in [4.78, 5) is 12.1. The molecule has 0 bridgehead atoms. The van der Waals surface area contributed by atoms with E-state index >= 15 is 0 Å². The summed E-state index contributed by atoms with van der Waals surface area (Å²) in [5.41, 5.74) is 1.74. The molecular formula is C18H20FNO3S. The predicted octanol–water partition coefficient (Wildman–Crippen LogP) is 2.87. The van der Waals surface area contributed by atoms with E-state index in [0.29, 0.717) is 19.4 Å². The zero-order chi connectivity index (χ0) is 17.6. The van der Waals surface area contributed by atoms with E-state index < -0.39 is 9.84 Å². The third-order valence-electron chi connectivity index (χ3n) is 3.71. The van der Waals surface area contributed by atoms with Gasteiger partial charge in [0, 0.05) is 13.0 Å². The number of amides is 1. The van der Waals surface area contributed by atoms with Crippen LogP contribution in [0.1, 0.15) is 24.5 Å². The number of carbonyl (C=O) groups is 1. The van der Waals surface area contributed by atoms with Crippen LogP contribution in [0, 0.1) is 5.82 Å². The maximum Gasteiger partial charge on any atom is 0.220 e. The highest BCUT2D eigenvalue weighted by Crippen LogP contribution is 2.12. The highest BCUT2D eigenvalue weighted by Gasteiger charge is 2.10. The summed E-state index contributed by atoms with van der Waals surface area (Å²) in [6, 6.07) is 12.6. The number of nitrogens with one attached hydrogen (secondary N) is 1. The minimum Gasteiger partial charge on any atom is -0.352 e. The summed E-state index contributed by atoms with van der Waals surface area (Å²) >= 11 is 0. The van der Waals surface area contributed by atoms with Crippen molar-refractivity contribution in [2.75, 3.05) is 5.75 Å². The number of benzene rings is 2. The minimum atomic E-state index is -3.20. The van der Waals surface area contributed by atoms with E-state index in [0.717, 1.165) is 11.1 Å². The van der Waals surface area contributed by atoms with Crippen molar-refractivity contribution in [1.29, 1.82) is 0 Å². The van der Waals surface area contributed by atoms with Crippen LogP contribution >= 0.6 is 0 Å². The van der Waals surface area contributed by atoms with Crippen molar-refractivity contribution < 1.29 is 17.6 Å². The van der Waals surface area contributed by atoms with Crippen LogP contribution in [-0.4, -0.2) is 20.1 Å². The van der Waals surface area contributed by atoms with E-state index in [9.17, 15) is 17.6 Å². The highest BCUT2D eigenvalue weighted by molar-refractivity contribution is 7.91. The van der Waals surface area contributed by atoms with Crippen molar-refractivity contribution in [2.45, 2.75) is 31.2 Å². The number of hydrogen-bond donors (Lipinski definition) is 1. The lowest BCUT2D eigenvalue weighted by atomic mass is 10.1. The normalized spacial score (nSPS) is 11.2. The fourth-order valence-electron chi connectivity index (χ4n) is 2.18. The zero-order valence-corrected chi connectivity index (χ0v) is 14.3. The average Bonchev–Trinajstić information content (AvgIpc) is 2.60. The molecule has 1 amide bonds. The third-order valence-corrected chi connectivity index (χ3v) is 5.46. The number of halogens is 1. The summed E-state index contributed by atoms with van der Waals surface area (Å²) in [6.07, 6.45) is 0.855. The van der Waals surface area contributed by atoms with Gasteiger partial charge in [-0.1, -0.05) is 31.2 Å². The predicted molar refractivity (Wildman–Crippen MR) is 90.7 cm³/mol. The van der Waals surface area contributed by atoms with E-state index in [-0.39, 0.29) is 22.4 Å². The van der Waals surface area contributed by atoms with Gasteiger partial charge in [0.15, 0.2) is 9.84 Å². The van der Waals surface area contributed by atoms with Crippen LogP contribution in [0.25, 0.3) is 0 Å². The van der Waals surface area contributed by atoms with E-state index in [1.807, 2.05) is 0 Å². The number of rotatable bonds is 7. The second kappa shape index (κ2) is 8.06. The van der Waals surface area contributed by atoms with Gasteiger partial charge in [-0.2, -0.15) is 0 Å². The second-order valence-electron chi connectivity index (χ2n) is 5.45. The highest BCUT2D eigenvalue weighted by atomic mass is 32.2. The smallest absolute Gasteiger partial charge is 0.220 e. The molecule has 0 atom stereocenters. The third kappa shape index (κ3) is 5.16. The van der Waals surface area contributed by atoms with Gasteiger partial charge in [0.25, 0.3) is 0 Å². The molecule has 0 saturated heterocycles. The van der Waals surface area contributed by atoms with Gasteiger partial charge in [-0.3, -0.25) is 4.79 Å². The molecule has 0 heterocycles. The summed E-state index contributed by atoms with van der Waals surface area (Å²) in [5.74, 6) is -0.340. The molecular weight excluding hydrogens is 329 g/mol. The Labute approximate surface area is 141 Å². The number of sulfone groups is 1. The molecule has 0 aromatic heterocycles. The monoisotopic (exact) mass is 349 g/mol. The molecule has 0 aliphatic heterocycles. The van der Waals surface area contributed by atoms with Crippen molar-refractivity contribution in [3.8, 4) is 0 Å². The van der Waals surface area contributed by atoms with Gasteiger partial charge in [-0.05, 0) is 41.8 Å². The Balaban J connectivity index is 1.82. The van der Waals surface area contributed by atoms with Gasteiger partial charge in [0.2, 0.25) is 5.91 Å². The van der Waals surface area contributed by atoms with Crippen LogP contribution in [-0.2, 0) is 27.6 Å². The molecule has 2 rings (SSSR count). The molecule has 0 aliphatic rings. The number of carbonyl (C=O) groups excluding carboxylic acids is 1. The topological polar surface area (TPSA) is 63.2 Å². The Hall–Kier alpha value is -2.21. The Morgan fingerprint density at radius 2 is 1.58 bits per heavy atom. The summed E-state index contributed by atoms with van der Waals surface area (Å²) in [7, 11) is -3.20. The van der Waals surface area contributed by atoms with E-state index in [1.54, 1.807) is 43.3 Å². The molecule has 2 aromatic carbocycles. The largest absolute Gasteiger partial charge is 0.352 e. The molecule has 2 aromatic rings. The van der Waals surface area contributed by atoms with Crippen molar-refractivity contribution >= 4 is 15.7 Å². The van der Waals surface area contributed by atoms with Crippen molar-refractivity contribution in [3.63, 3.8) is 0 Å². The Kier molecular flexibility index (Phi) is 6.09. The summed E-state index contributed by atoms with van der Waals surface area (Å²) in [5, 5.41) is 2.79. The molecule has 24 heavy (non-hydrogen) atoms. The maximum absolute atomic E-state index is 12.8. The zero-order valence-electron chi connectivity index (χ0n) is 13.5. The standard InChI is InChI=1S/C18H20FNO3S/c1-2-24(22,23)17-10-5-15(6-11-17)13-20-18(21)12-7-14-3-8-16(19)9-4-14/h3-6,8-11H,2,7,12-13H2,1H3,(H,20,21). The molecule has 4 nitrogen and oxygen atoms in total. The lowest BCUT2D eigenvalue weighted by Crippen LogP contribution is -2.23. The minimum absolute atomic E-state index is 0.0620. The summed E-state index contributed by atoms with van der Waals surface area (Å²) in [6.45, 7) is 1.94. The molecule has 0 radical (unpaired) electrons. The molecule has 0 aliphatic carbocycles. The molecule has 0 fully saturated rings. The lowest BCUT2D eigenvalue weighted by Gasteiger charge is -2.07. The van der Waals surface area contributed by atoms with E-state index in [2.05, 4.69) is 5.32 Å². The number of aryl methyl sites for hydroxylation is 1. The van der Waals surface area contributed by atoms with Crippen molar-refractivity contribution in [2.24, 2.45) is 0 Å². The molecule has 0 spiro atoms. The first-order valence-electron chi connectivity index (χ1n) is 7.73. The molecule has 6 heteroatoms. The van der Waals surface area contributed by atoms with Gasteiger partial charge >= 0.3 is 0 Å². The van der Waals surface area contributed by atoms with E-state index in [4.69, 9.17) is 0 Å². The first-order chi connectivity index (χ1) is 11.4. The van der Waals surface area contributed by atoms with Gasteiger partial charge in [-0.15, -0.1) is 0 Å². The Morgan fingerprint density at radius 1 is 1.00 bits per heavy atom. The first-order valence-corrected chi connectivity index (χ1v) is 9.39. The fraction of sp³-hybridized carbons (Fsp3) is 0.278. The lowest BCUT2D eigenvalue weighted by molar-refractivity contribution is -0.121. The van der Waals surface area contributed by atoms with Gasteiger partial charge in [0.1, 0.15) is 5.82 Å². The molecule has 128 valence electrons. The maximum atomic E-state index is 12.8.